The second kappa shape index (κ2) is 3.61. The molecule has 2 atom stereocenters. The minimum atomic E-state index is -3.21. The zero-order chi connectivity index (χ0) is 10.1. The number of sulfone groups is 1. The third-order valence-corrected chi connectivity index (χ3v) is 3.91. The van der Waals surface area contributed by atoms with Gasteiger partial charge in [-0.25, -0.2) is 12.8 Å². The third kappa shape index (κ3) is 2.95. The minimum absolute atomic E-state index is 0.0692. The molecule has 1 heterocycles. The lowest BCUT2D eigenvalue weighted by atomic mass is 10.00. The topological polar surface area (TPSA) is 71.4 Å². The van der Waals surface area contributed by atoms with Crippen molar-refractivity contribution >= 4 is 15.8 Å². The second-order valence-corrected chi connectivity index (χ2v) is 5.51. The van der Waals surface area contributed by atoms with Gasteiger partial charge in [0.15, 0.2) is 9.84 Å². The number of hydrogen-bond acceptors (Lipinski definition) is 3. The van der Waals surface area contributed by atoms with Gasteiger partial charge < -0.3 is 5.11 Å². The number of carboxylic acids is 1. The summed E-state index contributed by atoms with van der Waals surface area (Å²) >= 11 is 0. The standard InChI is InChI=1S/C7H11FO4S/c8-6-1-2-13(11,12)4-5(6)3-7(9)10/h5-6H,1-4H2,(H,9,10). The normalized spacial score (nSPS) is 32.7. The summed E-state index contributed by atoms with van der Waals surface area (Å²) in [4.78, 5) is 10.3. The van der Waals surface area contributed by atoms with E-state index in [9.17, 15) is 17.6 Å². The van der Waals surface area contributed by atoms with Crippen molar-refractivity contribution in [3.8, 4) is 0 Å². The SMILES string of the molecule is O=C(O)CC1CS(=O)(=O)CCC1F. The van der Waals surface area contributed by atoms with Gasteiger partial charge in [0.25, 0.3) is 0 Å². The van der Waals surface area contributed by atoms with Crippen molar-refractivity contribution in [1.82, 2.24) is 0 Å². The van der Waals surface area contributed by atoms with Gasteiger partial charge >= 0.3 is 5.97 Å². The fourth-order valence-corrected chi connectivity index (χ4v) is 3.18. The summed E-state index contributed by atoms with van der Waals surface area (Å²) in [7, 11) is -3.21. The van der Waals surface area contributed by atoms with Crippen LogP contribution in [0.4, 0.5) is 4.39 Å². The Kier molecular flexibility index (Phi) is 2.90. The maximum absolute atomic E-state index is 13.0. The molecular formula is C7H11FO4S. The predicted molar refractivity (Wildman–Crippen MR) is 43.9 cm³/mol. The first-order chi connectivity index (χ1) is 5.91. The Hall–Kier alpha value is -0.650. The van der Waals surface area contributed by atoms with Crippen LogP contribution in [0, 0.1) is 5.92 Å². The van der Waals surface area contributed by atoms with Gasteiger partial charge in [0.2, 0.25) is 0 Å². The molecule has 1 fully saturated rings. The Bertz CT molecular complexity index is 298. The van der Waals surface area contributed by atoms with E-state index in [1.54, 1.807) is 0 Å². The number of aliphatic carboxylic acids is 1. The van der Waals surface area contributed by atoms with Gasteiger partial charge in [0, 0.05) is 5.92 Å². The van der Waals surface area contributed by atoms with E-state index in [2.05, 4.69) is 0 Å². The van der Waals surface area contributed by atoms with Gasteiger partial charge in [-0.15, -0.1) is 0 Å². The van der Waals surface area contributed by atoms with E-state index in [0.717, 1.165) is 0 Å². The summed E-state index contributed by atoms with van der Waals surface area (Å²) in [5, 5.41) is 8.39. The highest BCUT2D eigenvalue weighted by Gasteiger charge is 2.34. The van der Waals surface area contributed by atoms with Gasteiger partial charge in [0.1, 0.15) is 6.17 Å². The van der Waals surface area contributed by atoms with Crippen LogP contribution in [0.5, 0.6) is 0 Å². The van der Waals surface area contributed by atoms with Crippen molar-refractivity contribution in [3.05, 3.63) is 0 Å². The van der Waals surface area contributed by atoms with Crippen molar-refractivity contribution in [2.24, 2.45) is 5.92 Å². The van der Waals surface area contributed by atoms with Crippen molar-refractivity contribution < 1.29 is 22.7 Å². The van der Waals surface area contributed by atoms with Gasteiger partial charge in [-0.1, -0.05) is 0 Å². The second-order valence-electron chi connectivity index (χ2n) is 3.28. The molecule has 0 saturated carbocycles. The highest BCUT2D eigenvalue weighted by Crippen LogP contribution is 2.24. The average molecular weight is 210 g/mol. The molecule has 0 bridgehead atoms. The molecule has 13 heavy (non-hydrogen) atoms. The molecule has 1 aliphatic heterocycles. The average Bonchev–Trinajstić information content (AvgIpc) is 1.95. The monoisotopic (exact) mass is 210 g/mol. The Balaban J connectivity index is 2.66. The van der Waals surface area contributed by atoms with E-state index < -0.39 is 34.3 Å². The number of halogens is 1. The Morgan fingerprint density at radius 2 is 2.15 bits per heavy atom. The molecule has 1 rings (SSSR count). The molecule has 1 saturated heterocycles. The molecule has 0 radical (unpaired) electrons. The van der Waals surface area contributed by atoms with E-state index in [1.807, 2.05) is 0 Å². The van der Waals surface area contributed by atoms with Crippen molar-refractivity contribution in [3.63, 3.8) is 0 Å². The molecule has 1 N–H and O–H groups in total. The molecule has 0 aromatic heterocycles. The summed E-state index contributed by atoms with van der Waals surface area (Å²) in [6, 6.07) is 0. The number of alkyl halides is 1. The zero-order valence-electron chi connectivity index (χ0n) is 6.94. The van der Waals surface area contributed by atoms with Crippen molar-refractivity contribution in [2.75, 3.05) is 11.5 Å². The van der Waals surface area contributed by atoms with Crippen LogP contribution in [0.15, 0.2) is 0 Å². The number of hydrogen-bond donors (Lipinski definition) is 1. The molecule has 0 aliphatic carbocycles. The summed E-state index contributed by atoms with van der Waals surface area (Å²) in [5.74, 6) is -2.51. The van der Waals surface area contributed by atoms with E-state index >= 15 is 0 Å². The largest absolute Gasteiger partial charge is 0.481 e. The maximum atomic E-state index is 13.0. The molecular weight excluding hydrogens is 199 g/mol. The Morgan fingerprint density at radius 3 is 2.69 bits per heavy atom. The van der Waals surface area contributed by atoms with E-state index in [1.165, 1.54) is 0 Å². The Labute approximate surface area is 75.7 Å². The van der Waals surface area contributed by atoms with Crippen LogP contribution >= 0.6 is 0 Å². The molecule has 0 amide bonds. The van der Waals surface area contributed by atoms with E-state index in [0.29, 0.717) is 0 Å². The van der Waals surface area contributed by atoms with Crippen LogP contribution in [0.2, 0.25) is 0 Å². The molecule has 0 aromatic rings. The predicted octanol–water partition coefficient (Wildman–Crippen LogP) is 0.234. The Morgan fingerprint density at radius 1 is 1.54 bits per heavy atom. The van der Waals surface area contributed by atoms with Gasteiger partial charge in [-0.3, -0.25) is 4.79 Å². The highest BCUT2D eigenvalue weighted by atomic mass is 32.2. The van der Waals surface area contributed by atoms with Crippen LogP contribution < -0.4 is 0 Å². The molecule has 4 nitrogen and oxygen atoms in total. The van der Waals surface area contributed by atoms with Gasteiger partial charge in [-0.2, -0.15) is 0 Å². The van der Waals surface area contributed by atoms with E-state index in [4.69, 9.17) is 5.11 Å². The van der Waals surface area contributed by atoms with E-state index in [-0.39, 0.29) is 17.9 Å². The zero-order valence-corrected chi connectivity index (χ0v) is 7.76. The van der Waals surface area contributed by atoms with Crippen molar-refractivity contribution in [1.29, 1.82) is 0 Å². The quantitative estimate of drug-likeness (QED) is 0.708. The number of carbonyl (C=O) groups is 1. The molecule has 0 spiro atoms. The fourth-order valence-electron chi connectivity index (χ4n) is 1.45. The summed E-state index contributed by atoms with van der Waals surface area (Å²) in [5.41, 5.74) is 0. The highest BCUT2D eigenvalue weighted by molar-refractivity contribution is 7.91. The van der Waals surface area contributed by atoms with Crippen LogP contribution in [0.3, 0.4) is 0 Å². The molecule has 0 aromatic carbocycles. The summed E-state index contributed by atoms with van der Waals surface area (Å²) in [6.45, 7) is 0. The molecule has 6 heteroatoms. The molecule has 1 aliphatic rings. The lowest BCUT2D eigenvalue weighted by Gasteiger charge is -2.24. The smallest absolute Gasteiger partial charge is 0.303 e. The molecule has 2 unspecified atom stereocenters. The first-order valence-electron chi connectivity index (χ1n) is 3.97. The van der Waals surface area contributed by atoms with Crippen LogP contribution in [-0.2, 0) is 14.6 Å². The van der Waals surface area contributed by atoms with Crippen LogP contribution in [-0.4, -0.2) is 37.2 Å². The summed E-state index contributed by atoms with van der Waals surface area (Å²) in [6.07, 6.45) is -1.76. The number of carboxylic acid groups (broad SMARTS) is 1. The number of rotatable bonds is 2. The van der Waals surface area contributed by atoms with Crippen molar-refractivity contribution in [2.45, 2.75) is 19.0 Å². The first-order valence-corrected chi connectivity index (χ1v) is 5.79. The molecule has 76 valence electrons. The van der Waals surface area contributed by atoms with Gasteiger partial charge in [-0.05, 0) is 6.42 Å². The maximum Gasteiger partial charge on any atom is 0.303 e. The fraction of sp³-hybridized carbons (Fsp3) is 0.857. The van der Waals surface area contributed by atoms with Gasteiger partial charge in [0.05, 0.1) is 17.9 Å². The van der Waals surface area contributed by atoms with Crippen LogP contribution in [0.1, 0.15) is 12.8 Å². The first kappa shape index (κ1) is 10.4. The minimum Gasteiger partial charge on any atom is -0.481 e. The lowest BCUT2D eigenvalue weighted by molar-refractivity contribution is -0.138. The summed E-state index contributed by atoms with van der Waals surface area (Å²) < 4.78 is 35.1. The lowest BCUT2D eigenvalue weighted by Crippen LogP contribution is -2.35. The van der Waals surface area contributed by atoms with Crippen LogP contribution in [0.25, 0.3) is 0 Å². The third-order valence-electron chi connectivity index (χ3n) is 2.12.